The van der Waals surface area contributed by atoms with E-state index >= 15 is 0 Å². The minimum absolute atomic E-state index is 0.103. The molecular weight excluding hydrogens is 573 g/mol. The molecule has 4 heterocycles. The molecule has 2 unspecified atom stereocenters. The van der Waals surface area contributed by atoms with Gasteiger partial charge in [-0.15, -0.1) is 0 Å². The molecule has 9 heteroatoms. The highest BCUT2D eigenvalue weighted by Crippen LogP contribution is 2.34. The van der Waals surface area contributed by atoms with Crippen LogP contribution < -0.4 is 10.6 Å². The molecule has 2 aliphatic rings. The van der Waals surface area contributed by atoms with Gasteiger partial charge in [-0.2, -0.15) is 0 Å². The van der Waals surface area contributed by atoms with E-state index in [4.69, 9.17) is 11.6 Å². The van der Waals surface area contributed by atoms with Crippen LogP contribution in [0.25, 0.3) is 22.6 Å². The van der Waals surface area contributed by atoms with Gasteiger partial charge in [-0.3, -0.25) is 4.40 Å². The first kappa shape index (κ1) is 30.2. The van der Waals surface area contributed by atoms with Crippen molar-refractivity contribution < 1.29 is 4.39 Å². The Kier molecular flexibility index (Phi) is 8.65. The molecule has 0 radical (unpaired) electrons. The second-order valence-electron chi connectivity index (χ2n) is 12.0. The maximum absolute atomic E-state index is 14.8. The molecule has 0 spiro atoms. The van der Waals surface area contributed by atoms with Gasteiger partial charge < -0.3 is 20.4 Å². The van der Waals surface area contributed by atoms with Gasteiger partial charge in [0, 0.05) is 72.7 Å². The standard InChI is InChI=1S/C35H41ClFN7/c1-6-26-7-9-30(32(36)33(26)37)31-21-40-35-34(39-13-14-44(31)35)41-27-8-10-28(22(2)19-27)24(4)42-15-17-43(18-16-42)25(5)29-11-12-38-20-23(29)3/h7-10,13-14,19,21,23,29,38H,4-6,11-12,15-18,20H2,1-3H3,(H,39,41). The molecule has 0 aliphatic carbocycles. The number of rotatable bonds is 8. The largest absolute Gasteiger partial charge is 0.372 e. The van der Waals surface area contributed by atoms with Crippen LogP contribution in [0.15, 0.2) is 67.8 Å². The Balaban J connectivity index is 1.14. The lowest BCUT2D eigenvalue weighted by atomic mass is 9.85. The van der Waals surface area contributed by atoms with E-state index < -0.39 is 0 Å². The number of nitrogens with one attached hydrogen (secondary N) is 2. The predicted octanol–water partition coefficient (Wildman–Crippen LogP) is 7.15. The van der Waals surface area contributed by atoms with Crippen LogP contribution in [0, 0.1) is 24.6 Å². The van der Waals surface area contributed by atoms with Gasteiger partial charge >= 0.3 is 0 Å². The number of benzene rings is 2. The number of piperidine rings is 1. The molecule has 4 aromatic rings. The molecule has 7 nitrogen and oxygen atoms in total. The van der Waals surface area contributed by atoms with E-state index in [0.29, 0.717) is 46.5 Å². The van der Waals surface area contributed by atoms with Crippen LogP contribution >= 0.6 is 11.6 Å². The Morgan fingerprint density at radius 1 is 1.11 bits per heavy atom. The summed E-state index contributed by atoms with van der Waals surface area (Å²) in [5, 5.41) is 7.03. The molecule has 6 rings (SSSR count). The summed E-state index contributed by atoms with van der Waals surface area (Å²) in [7, 11) is 0. The highest BCUT2D eigenvalue weighted by Gasteiger charge is 2.29. The number of hydrogen-bond acceptors (Lipinski definition) is 6. The third kappa shape index (κ3) is 5.69. The Morgan fingerprint density at radius 3 is 2.61 bits per heavy atom. The van der Waals surface area contributed by atoms with E-state index in [0.717, 1.165) is 61.8 Å². The first-order valence-corrected chi connectivity index (χ1v) is 15.9. The quantitative estimate of drug-likeness (QED) is 0.220. The average molecular weight is 614 g/mol. The minimum atomic E-state index is -0.384. The highest BCUT2D eigenvalue weighted by atomic mass is 35.5. The Labute approximate surface area is 264 Å². The van der Waals surface area contributed by atoms with Crippen LogP contribution in [0.2, 0.25) is 5.02 Å². The molecule has 2 aromatic heterocycles. The van der Waals surface area contributed by atoms with Crippen molar-refractivity contribution in [2.45, 2.75) is 33.6 Å². The SMILES string of the molecule is C=C(c1ccc(Nc2nccn3c(-c4ccc(CC)c(F)c4Cl)cnc23)cc1C)N1CCN(C(=C)C2CCNCC2C)CC1. The fourth-order valence-corrected chi connectivity index (χ4v) is 6.93. The van der Waals surface area contributed by atoms with Gasteiger partial charge in [-0.25, -0.2) is 14.4 Å². The zero-order valence-corrected chi connectivity index (χ0v) is 26.6. The number of hydrogen-bond donors (Lipinski definition) is 2. The Morgan fingerprint density at radius 2 is 1.89 bits per heavy atom. The molecule has 0 amide bonds. The summed E-state index contributed by atoms with van der Waals surface area (Å²) >= 11 is 6.44. The number of anilines is 2. The zero-order chi connectivity index (χ0) is 31.0. The fourth-order valence-electron chi connectivity index (χ4n) is 6.65. The van der Waals surface area contributed by atoms with Crippen molar-refractivity contribution in [2.75, 3.05) is 44.6 Å². The molecule has 2 aliphatic heterocycles. The summed E-state index contributed by atoms with van der Waals surface area (Å²) < 4.78 is 16.7. The monoisotopic (exact) mass is 613 g/mol. The van der Waals surface area contributed by atoms with E-state index in [2.05, 4.69) is 75.6 Å². The number of aromatic nitrogens is 3. The first-order valence-electron chi connectivity index (χ1n) is 15.5. The van der Waals surface area contributed by atoms with Gasteiger partial charge in [0.2, 0.25) is 0 Å². The number of aryl methyl sites for hydroxylation is 2. The predicted molar refractivity (Wildman–Crippen MR) is 179 cm³/mol. The number of allylic oxidation sites excluding steroid dienone is 1. The summed E-state index contributed by atoms with van der Waals surface area (Å²) in [6.07, 6.45) is 6.96. The average Bonchev–Trinajstić information content (AvgIpc) is 3.47. The van der Waals surface area contributed by atoms with Crippen LogP contribution in [0.3, 0.4) is 0 Å². The van der Waals surface area contributed by atoms with Crippen LogP contribution in [0.1, 0.15) is 37.0 Å². The molecule has 2 atom stereocenters. The van der Waals surface area contributed by atoms with Gasteiger partial charge in [0.25, 0.3) is 0 Å². The highest BCUT2D eigenvalue weighted by molar-refractivity contribution is 6.33. The second-order valence-corrected chi connectivity index (χ2v) is 12.4. The normalized spacial score (nSPS) is 18.9. The van der Waals surface area contributed by atoms with Crippen molar-refractivity contribution >= 4 is 34.5 Å². The summed E-state index contributed by atoms with van der Waals surface area (Å²) in [5.41, 5.74) is 8.03. The summed E-state index contributed by atoms with van der Waals surface area (Å²) in [4.78, 5) is 14.0. The van der Waals surface area contributed by atoms with Crippen LogP contribution in [0.5, 0.6) is 0 Å². The molecule has 2 aromatic carbocycles. The number of halogens is 2. The van der Waals surface area contributed by atoms with Gasteiger partial charge in [0.1, 0.15) is 5.82 Å². The van der Waals surface area contributed by atoms with Gasteiger partial charge in [-0.1, -0.05) is 56.8 Å². The molecule has 230 valence electrons. The van der Waals surface area contributed by atoms with Crippen LogP contribution in [-0.4, -0.2) is 63.4 Å². The van der Waals surface area contributed by atoms with E-state index in [1.54, 1.807) is 18.5 Å². The molecule has 2 saturated heterocycles. The smallest absolute Gasteiger partial charge is 0.180 e. The lowest BCUT2D eigenvalue weighted by molar-refractivity contribution is 0.173. The van der Waals surface area contributed by atoms with E-state index in [1.165, 1.54) is 12.1 Å². The lowest BCUT2D eigenvalue weighted by Gasteiger charge is -2.43. The Bertz CT molecular complexity index is 1700. The van der Waals surface area contributed by atoms with Crippen molar-refractivity contribution in [3.05, 3.63) is 95.3 Å². The second kappa shape index (κ2) is 12.6. The first-order chi connectivity index (χ1) is 21.3. The number of piperazine rings is 1. The zero-order valence-electron chi connectivity index (χ0n) is 25.8. The number of nitrogens with zero attached hydrogens (tertiary/aromatic N) is 5. The molecule has 0 saturated carbocycles. The fraction of sp³-hybridized carbons (Fsp3) is 0.371. The van der Waals surface area contributed by atoms with Crippen molar-refractivity contribution in [3.63, 3.8) is 0 Å². The third-order valence-corrected chi connectivity index (χ3v) is 9.70. The summed E-state index contributed by atoms with van der Waals surface area (Å²) in [6.45, 7) is 21.3. The molecule has 44 heavy (non-hydrogen) atoms. The topological polar surface area (TPSA) is 60.7 Å². The molecule has 2 fully saturated rings. The van der Waals surface area contributed by atoms with Gasteiger partial charge in [0.15, 0.2) is 11.5 Å². The van der Waals surface area contributed by atoms with Crippen molar-refractivity contribution in [3.8, 4) is 11.3 Å². The summed E-state index contributed by atoms with van der Waals surface area (Å²) in [5.74, 6) is 1.41. The number of fused-ring (bicyclic) bond motifs is 1. The molecule has 0 bridgehead atoms. The van der Waals surface area contributed by atoms with Gasteiger partial charge in [-0.05, 0) is 62.0 Å². The van der Waals surface area contributed by atoms with Crippen molar-refractivity contribution in [2.24, 2.45) is 11.8 Å². The Hall–Kier alpha value is -3.88. The minimum Gasteiger partial charge on any atom is -0.372 e. The third-order valence-electron chi connectivity index (χ3n) is 9.33. The maximum Gasteiger partial charge on any atom is 0.180 e. The van der Waals surface area contributed by atoms with E-state index in [-0.39, 0.29) is 10.8 Å². The molecule has 2 N–H and O–H groups in total. The number of imidazole rings is 1. The van der Waals surface area contributed by atoms with Crippen molar-refractivity contribution in [1.29, 1.82) is 0 Å². The van der Waals surface area contributed by atoms with Gasteiger partial charge in [0.05, 0.1) is 16.9 Å². The van der Waals surface area contributed by atoms with Crippen LogP contribution in [0.4, 0.5) is 15.9 Å². The van der Waals surface area contributed by atoms with E-state index in [9.17, 15) is 4.39 Å². The van der Waals surface area contributed by atoms with Crippen LogP contribution in [-0.2, 0) is 6.42 Å². The van der Waals surface area contributed by atoms with E-state index in [1.807, 2.05) is 23.6 Å². The molecular formula is C35H41ClFN7. The summed E-state index contributed by atoms with van der Waals surface area (Å²) in [6, 6.07) is 9.91. The maximum atomic E-state index is 14.8. The van der Waals surface area contributed by atoms with Crippen molar-refractivity contribution in [1.82, 2.24) is 29.5 Å². The lowest BCUT2D eigenvalue weighted by Crippen LogP contribution is -2.47.